The molecule has 0 unspecified atom stereocenters. The summed E-state index contributed by atoms with van der Waals surface area (Å²) in [5, 5.41) is 0. The molecule has 1 amide bonds. The molecule has 72 valence electrons. The molecule has 14 heavy (non-hydrogen) atoms. The van der Waals surface area contributed by atoms with Crippen LogP contribution in [0.25, 0.3) is 0 Å². The Labute approximate surface area is 83.8 Å². The number of hydrogen-bond acceptors (Lipinski definition) is 2. The first-order valence-corrected chi connectivity index (χ1v) is 4.25. The third-order valence-corrected chi connectivity index (χ3v) is 1.80. The highest BCUT2D eigenvalue weighted by Crippen LogP contribution is 2.04. The van der Waals surface area contributed by atoms with Gasteiger partial charge in [0.15, 0.2) is 0 Å². The summed E-state index contributed by atoms with van der Waals surface area (Å²) in [5.74, 6) is 2.32. The van der Waals surface area contributed by atoms with Crippen LogP contribution in [0.1, 0.15) is 15.9 Å². The van der Waals surface area contributed by atoms with E-state index in [0.29, 0.717) is 12.1 Å². The average molecular weight is 188 g/mol. The van der Waals surface area contributed by atoms with Crippen molar-refractivity contribution in [3.05, 3.63) is 29.6 Å². The normalized spacial score (nSPS) is 9.21. The topological polar surface area (TPSA) is 33.2 Å². The Morgan fingerprint density at radius 3 is 2.93 bits per heavy atom. The number of pyridine rings is 1. The van der Waals surface area contributed by atoms with Crippen molar-refractivity contribution in [3.8, 4) is 12.3 Å². The van der Waals surface area contributed by atoms with Crippen molar-refractivity contribution in [2.75, 3.05) is 13.6 Å². The molecule has 0 N–H and O–H groups in total. The molecule has 3 nitrogen and oxygen atoms in total. The number of carbonyl (C=O) groups is 1. The highest BCUT2D eigenvalue weighted by atomic mass is 16.2. The third kappa shape index (κ3) is 2.33. The van der Waals surface area contributed by atoms with E-state index in [-0.39, 0.29) is 5.91 Å². The van der Waals surface area contributed by atoms with Gasteiger partial charge in [-0.25, -0.2) is 0 Å². The van der Waals surface area contributed by atoms with Gasteiger partial charge in [0.25, 0.3) is 5.91 Å². The summed E-state index contributed by atoms with van der Waals surface area (Å²) < 4.78 is 0. The van der Waals surface area contributed by atoms with Gasteiger partial charge in [0.2, 0.25) is 0 Å². The maximum absolute atomic E-state index is 11.7. The minimum atomic E-state index is -0.0980. The molecule has 0 atom stereocenters. The summed E-state index contributed by atoms with van der Waals surface area (Å²) in [4.78, 5) is 17.1. The molecule has 0 aliphatic heterocycles. The first kappa shape index (κ1) is 10.3. The summed E-state index contributed by atoms with van der Waals surface area (Å²) >= 11 is 0. The van der Waals surface area contributed by atoms with Crippen LogP contribution in [-0.2, 0) is 0 Å². The number of carbonyl (C=O) groups excluding carboxylic acids is 1. The zero-order chi connectivity index (χ0) is 10.6. The smallest absolute Gasteiger partial charge is 0.255 e. The van der Waals surface area contributed by atoms with Gasteiger partial charge in [-0.2, -0.15) is 0 Å². The Morgan fingerprint density at radius 2 is 2.36 bits per heavy atom. The van der Waals surface area contributed by atoms with Crippen molar-refractivity contribution >= 4 is 5.91 Å². The number of rotatable bonds is 2. The molecule has 0 saturated carbocycles. The van der Waals surface area contributed by atoms with Gasteiger partial charge < -0.3 is 4.90 Å². The highest BCUT2D eigenvalue weighted by molar-refractivity contribution is 5.94. The number of aryl methyl sites for hydroxylation is 1. The van der Waals surface area contributed by atoms with Crippen LogP contribution in [0.4, 0.5) is 0 Å². The van der Waals surface area contributed by atoms with Gasteiger partial charge >= 0.3 is 0 Å². The molecule has 0 aliphatic rings. The van der Waals surface area contributed by atoms with Crippen molar-refractivity contribution in [1.29, 1.82) is 0 Å². The number of hydrogen-bond donors (Lipinski definition) is 0. The Balaban J connectivity index is 2.85. The lowest BCUT2D eigenvalue weighted by atomic mass is 10.2. The van der Waals surface area contributed by atoms with Crippen LogP contribution in [-0.4, -0.2) is 29.4 Å². The van der Waals surface area contributed by atoms with Crippen LogP contribution >= 0.6 is 0 Å². The summed E-state index contributed by atoms with van der Waals surface area (Å²) in [6.07, 6.45) is 8.37. The zero-order valence-corrected chi connectivity index (χ0v) is 8.32. The lowest BCUT2D eigenvalue weighted by molar-refractivity contribution is 0.0812. The predicted octanol–water partition coefficient (Wildman–Crippen LogP) is 1.10. The van der Waals surface area contributed by atoms with Gasteiger partial charge in [0, 0.05) is 19.4 Å². The van der Waals surface area contributed by atoms with Crippen molar-refractivity contribution < 1.29 is 4.79 Å². The van der Waals surface area contributed by atoms with Gasteiger partial charge in [0.05, 0.1) is 12.1 Å². The van der Waals surface area contributed by atoms with Crippen molar-refractivity contribution in [2.45, 2.75) is 6.92 Å². The van der Waals surface area contributed by atoms with E-state index >= 15 is 0 Å². The average Bonchev–Trinajstić information content (AvgIpc) is 2.17. The molecule has 0 radical (unpaired) electrons. The van der Waals surface area contributed by atoms with E-state index in [0.717, 1.165) is 5.56 Å². The van der Waals surface area contributed by atoms with E-state index in [1.54, 1.807) is 25.5 Å². The fourth-order valence-electron chi connectivity index (χ4n) is 1.10. The number of amides is 1. The lowest BCUT2D eigenvalue weighted by Crippen LogP contribution is -2.27. The van der Waals surface area contributed by atoms with E-state index in [1.165, 1.54) is 4.90 Å². The molecule has 0 fully saturated rings. The molecule has 1 rings (SSSR count). The zero-order valence-electron chi connectivity index (χ0n) is 8.32. The lowest BCUT2D eigenvalue weighted by Gasteiger charge is -2.13. The van der Waals surface area contributed by atoms with Gasteiger partial charge in [-0.1, -0.05) is 5.92 Å². The van der Waals surface area contributed by atoms with E-state index in [4.69, 9.17) is 6.42 Å². The summed E-state index contributed by atoms with van der Waals surface area (Å²) in [6.45, 7) is 2.21. The first-order valence-electron chi connectivity index (χ1n) is 4.25. The first-order chi connectivity index (χ1) is 6.65. The van der Waals surface area contributed by atoms with Gasteiger partial charge in [-0.3, -0.25) is 9.78 Å². The summed E-state index contributed by atoms with van der Waals surface area (Å²) in [6, 6.07) is 1.79. The SMILES string of the molecule is C#CCN(C)C(=O)c1cncc(C)c1. The van der Waals surface area contributed by atoms with Gasteiger partial charge in [-0.05, 0) is 18.6 Å². The molecule has 1 aromatic rings. The second-order valence-electron chi connectivity index (χ2n) is 3.12. The molecule has 1 aromatic heterocycles. The number of nitrogens with zero attached hydrogens (tertiary/aromatic N) is 2. The Morgan fingerprint density at radius 1 is 1.64 bits per heavy atom. The molecule has 0 saturated heterocycles. The van der Waals surface area contributed by atoms with Crippen LogP contribution in [0.5, 0.6) is 0 Å². The Hall–Kier alpha value is -1.82. The second-order valence-corrected chi connectivity index (χ2v) is 3.12. The Kier molecular flexibility index (Phi) is 3.24. The van der Waals surface area contributed by atoms with Crippen molar-refractivity contribution in [3.63, 3.8) is 0 Å². The van der Waals surface area contributed by atoms with Gasteiger partial charge in [-0.15, -0.1) is 6.42 Å². The van der Waals surface area contributed by atoms with E-state index < -0.39 is 0 Å². The molecule has 0 bridgehead atoms. The summed E-state index contributed by atoms with van der Waals surface area (Å²) in [7, 11) is 1.67. The van der Waals surface area contributed by atoms with Crippen LogP contribution in [0.2, 0.25) is 0 Å². The van der Waals surface area contributed by atoms with Crippen LogP contribution in [0, 0.1) is 19.3 Å². The van der Waals surface area contributed by atoms with Crippen molar-refractivity contribution in [2.24, 2.45) is 0 Å². The van der Waals surface area contributed by atoms with Crippen LogP contribution in [0.15, 0.2) is 18.5 Å². The second kappa shape index (κ2) is 4.43. The monoisotopic (exact) mass is 188 g/mol. The molecule has 3 heteroatoms. The number of aromatic nitrogens is 1. The molecule has 0 aromatic carbocycles. The van der Waals surface area contributed by atoms with E-state index in [9.17, 15) is 4.79 Å². The quantitative estimate of drug-likeness (QED) is 0.651. The predicted molar refractivity (Wildman–Crippen MR) is 54.8 cm³/mol. The largest absolute Gasteiger partial charge is 0.331 e. The molecule has 0 spiro atoms. The standard InChI is InChI=1S/C11H12N2O/c1-4-5-13(3)11(14)10-6-9(2)7-12-8-10/h1,6-8H,5H2,2-3H3. The minimum absolute atomic E-state index is 0.0980. The van der Waals surface area contributed by atoms with Crippen molar-refractivity contribution in [1.82, 2.24) is 9.88 Å². The number of terminal acetylenes is 1. The van der Waals surface area contributed by atoms with E-state index in [2.05, 4.69) is 10.9 Å². The van der Waals surface area contributed by atoms with Crippen LogP contribution in [0.3, 0.4) is 0 Å². The Bertz CT molecular complexity index is 379. The van der Waals surface area contributed by atoms with E-state index in [1.807, 2.05) is 6.92 Å². The highest BCUT2D eigenvalue weighted by Gasteiger charge is 2.10. The minimum Gasteiger partial charge on any atom is -0.331 e. The van der Waals surface area contributed by atoms with Crippen LogP contribution < -0.4 is 0 Å². The third-order valence-electron chi connectivity index (χ3n) is 1.80. The fraction of sp³-hybridized carbons (Fsp3) is 0.273. The molecule has 0 aliphatic carbocycles. The summed E-state index contributed by atoms with van der Waals surface area (Å²) in [5.41, 5.74) is 1.53. The fourth-order valence-corrected chi connectivity index (χ4v) is 1.10. The molecular weight excluding hydrogens is 176 g/mol. The molecular formula is C11H12N2O. The maximum atomic E-state index is 11.7. The maximum Gasteiger partial charge on any atom is 0.255 e. The molecule has 1 heterocycles. The van der Waals surface area contributed by atoms with Gasteiger partial charge in [0.1, 0.15) is 0 Å².